The standard InChI is InChI=1S/C14H12F3N5/c1-22-8-20-11-12(18-7-19-13(11)22)21-10-4-2-3-9(5-10)6-14(15,16)17/h2-5,7-8H,6H2,1H3,(H,18,19,21). The smallest absolute Gasteiger partial charge is 0.338 e. The first-order valence-electron chi connectivity index (χ1n) is 6.47. The van der Waals surface area contributed by atoms with Crippen molar-refractivity contribution < 1.29 is 13.2 Å². The van der Waals surface area contributed by atoms with Crippen molar-refractivity contribution in [3.63, 3.8) is 0 Å². The molecule has 2 heterocycles. The first-order valence-corrected chi connectivity index (χ1v) is 6.47. The highest BCUT2D eigenvalue weighted by molar-refractivity contribution is 5.84. The Labute approximate surface area is 123 Å². The maximum atomic E-state index is 12.5. The number of hydrogen-bond donors (Lipinski definition) is 1. The third kappa shape index (κ3) is 3.00. The van der Waals surface area contributed by atoms with Gasteiger partial charge in [0.25, 0.3) is 0 Å². The maximum Gasteiger partial charge on any atom is 0.393 e. The van der Waals surface area contributed by atoms with E-state index in [0.29, 0.717) is 22.7 Å². The Hall–Kier alpha value is -2.64. The first-order chi connectivity index (χ1) is 10.4. The summed E-state index contributed by atoms with van der Waals surface area (Å²) < 4.78 is 39.1. The lowest BCUT2D eigenvalue weighted by Gasteiger charge is -2.10. The van der Waals surface area contributed by atoms with Gasteiger partial charge in [-0.1, -0.05) is 12.1 Å². The minimum atomic E-state index is -4.23. The summed E-state index contributed by atoms with van der Waals surface area (Å²) in [6, 6.07) is 6.14. The van der Waals surface area contributed by atoms with Gasteiger partial charge < -0.3 is 9.88 Å². The molecular formula is C14H12F3N5. The molecule has 3 aromatic rings. The van der Waals surface area contributed by atoms with E-state index in [1.54, 1.807) is 30.1 Å². The molecule has 0 fully saturated rings. The summed E-state index contributed by atoms with van der Waals surface area (Å²) >= 11 is 0. The summed E-state index contributed by atoms with van der Waals surface area (Å²) in [5.74, 6) is 0.453. The number of benzene rings is 1. The van der Waals surface area contributed by atoms with Crippen LogP contribution in [0.4, 0.5) is 24.7 Å². The fraction of sp³-hybridized carbons (Fsp3) is 0.214. The van der Waals surface area contributed by atoms with Crippen molar-refractivity contribution in [3.8, 4) is 0 Å². The number of alkyl halides is 3. The topological polar surface area (TPSA) is 55.6 Å². The minimum Gasteiger partial charge on any atom is -0.338 e. The number of halogens is 3. The number of aryl methyl sites for hydroxylation is 1. The predicted octanol–water partition coefficient (Wildman–Crippen LogP) is 3.21. The molecule has 1 aromatic carbocycles. The molecule has 0 aliphatic rings. The van der Waals surface area contributed by atoms with E-state index >= 15 is 0 Å². The van der Waals surface area contributed by atoms with Gasteiger partial charge in [0.05, 0.1) is 12.7 Å². The number of aromatic nitrogens is 4. The lowest BCUT2D eigenvalue weighted by Crippen LogP contribution is -2.11. The van der Waals surface area contributed by atoms with E-state index < -0.39 is 12.6 Å². The van der Waals surface area contributed by atoms with Gasteiger partial charge in [-0.2, -0.15) is 13.2 Å². The van der Waals surface area contributed by atoms with Crippen molar-refractivity contribution in [2.75, 3.05) is 5.32 Å². The Morgan fingerprint density at radius 3 is 2.77 bits per heavy atom. The maximum absolute atomic E-state index is 12.5. The van der Waals surface area contributed by atoms with Crippen molar-refractivity contribution in [3.05, 3.63) is 42.5 Å². The summed E-state index contributed by atoms with van der Waals surface area (Å²) in [7, 11) is 1.80. The Morgan fingerprint density at radius 2 is 2.00 bits per heavy atom. The van der Waals surface area contributed by atoms with E-state index in [-0.39, 0.29) is 5.56 Å². The fourth-order valence-corrected chi connectivity index (χ4v) is 2.16. The second-order valence-electron chi connectivity index (χ2n) is 4.87. The summed E-state index contributed by atoms with van der Waals surface area (Å²) in [5, 5.41) is 2.99. The third-order valence-corrected chi connectivity index (χ3v) is 3.09. The van der Waals surface area contributed by atoms with E-state index in [1.807, 2.05) is 0 Å². The summed E-state index contributed by atoms with van der Waals surface area (Å²) in [4.78, 5) is 12.4. The van der Waals surface area contributed by atoms with Gasteiger partial charge in [-0.15, -0.1) is 0 Å². The van der Waals surface area contributed by atoms with Crippen LogP contribution in [-0.2, 0) is 13.5 Å². The molecular weight excluding hydrogens is 295 g/mol. The molecule has 3 rings (SSSR count). The Balaban J connectivity index is 1.90. The van der Waals surface area contributed by atoms with Gasteiger partial charge in [0, 0.05) is 12.7 Å². The Bertz CT molecular complexity index is 810. The molecule has 1 N–H and O–H groups in total. The fourth-order valence-electron chi connectivity index (χ4n) is 2.16. The molecule has 0 radical (unpaired) electrons. The van der Waals surface area contributed by atoms with Crippen molar-refractivity contribution >= 4 is 22.7 Å². The largest absolute Gasteiger partial charge is 0.393 e. The van der Waals surface area contributed by atoms with E-state index in [0.717, 1.165) is 0 Å². The van der Waals surface area contributed by atoms with Gasteiger partial charge in [0.2, 0.25) is 0 Å². The van der Waals surface area contributed by atoms with Gasteiger partial charge in [-0.25, -0.2) is 15.0 Å². The van der Waals surface area contributed by atoms with Crippen molar-refractivity contribution in [1.29, 1.82) is 0 Å². The lowest BCUT2D eigenvalue weighted by atomic mass is 10.1. The molecule has 114 valence electrons. The van der Waals surface area contributed by atoms with E-state index in [1.165, 1.54) is 18.5 Å². The second-order valence-corrected chi connectivity index (χ2v) is 4.87. The van der Waals surface area contributed by atoms with Crippen LogP contribution in [0.15, 0.2) is 36.9 Å². The molecule has 0 atom stereocenters. The van der Waals surface area contributed by atoms with Crippen LogP contribution in [0.25, 0.3) is 11.2 Å². The molecule has 0 amide bonds. The molecule has 2 aromatic heterocycles. The summed E-state index contributed by atoms with van der Waals surface area (Å²) in [5.41, 5.74) is 1.91. The zero-order valence-corrected chi connectivity index (χ0v) is 11.6. The van der Waals surface area contributed by atoms with Crippen LogP contribution >= 0.6 is 0 Å². The average molecular weight is 307 g/mol. The van der Waals surface area contributed by atoms with Crippen LogP contribution in [0.3, 0.4) is 0 Å². The quantitative estimate of drug-likeness (QED) is 0.807. The summed E-state index contributed by atoms with van der Waals surface area (Å²) in [6.45, 7) is 0. The van der Waals surface area contributed by atoms with Crippen LogP contribution in [-0.4, -0.2) is 25.7 Å². The van der Waals surface area contributed by atoms with E-state index in [2.05, 4.69) is 20.3 Å². The number of fused-ring (bicyclic) bond motifs is 1. The van der Waals surface area contributed by atoms with E-state index in [4.69, 9.17) is 0 Å². The molecule has 0 unspecified atom stereocenters. The molecule has 0 saturated carbocycles. The number of nitrogens with one attached hydrogen (secondary N) is 1. The molecule has 0 saturated heterocycles. The van der Waals surface area contributed by atoms with Crippen LogP contribution in [0.1, 0.15) is 5.56 Å². The van der Waals surface area contributed by atoms with Gasteiger partial charge >= 0.3 is 6.18 Å². The highest BCUT2D eigenvalue weighted by Gasteiger charge is 2.27. The minimum absolute atomic E-state index is 0.184. The highest BCUT2D eigenvalue weighted by atomic mass is 19.4. The molecule has 8 heteroatoms. The number of anilines is 2. The molecule has 0 spiro atoms. The molecule has 0 bridgehead atoms. The van der Waals surface area contributed by atoms with Crippen LogP contribution in [0.5, 0.6) is 0 Å². The summed E-state index contributed by atoms with van der Waals surface area (Å²) in [6.07, 6.45) is -2.22. The van der Waals surface area contributed by atoms with Crippen molar-refractivity contribution in [2.45, 2.75) is 12.6 Å². The molecule has 22 heavy (non-hydrogen) atoms. The van der Waals surface area contributed by atoms with Gasteiger partial charge in [-0.3, -0.25) is 0 Å². The lowest BCUT2D eigenvalue weighted by molar-refractivity contribution is -0.127. The second kappa shape index (κ2) is 5.28. The number of imidazole rings is 1. The number of nitrogens with zero attached hydrogens (tertiary/aromatic N) is 4. The molecule has 0 aliphatic heterocycles. The van der Waals surface area contributed by atoms with Gasteiger partial charge in [0.1, 0.15) is 6.33 Å². The van der Waals surface area contributed by atoms with Gasteiger partial charge in [-0.05, 0) is 17.7 Å². The predicted molar refractivity (Wildman–Crippen MR) is 75.8 cm³/mol. The van der Waals surface area contributed by atoms with E-state index in [9.17, 15) is 13.2 Å². The first kappa shape index (κ1) is 14.3. The van der Waals surface area contributed by atoms with Gasteiger partial charge in [0.15, 0.2) is 17.0 Å². The average Bonchev–Trinajstić information content (AvgIpc) is 2.80. The SMILES string of the molecule is Cn1cnc2c(Nc3cccc(CC(F)(F)F)c3)ncnc21. The normalized spacial score (nSPS) is 11.8. The highest BCUT2D eigenvalue weighted by Crippen LogP contribution is 2.25. The Morgan fingerprint density at radius 1 is 1.18 bits per heavy atom. The zero-order valence-electron chi connectivity index (χ0n) is 11.6. The molecule has 5 nitrogen and oxygen atoms in total. The third-order valence-electron chi connectivity index (χ3n) is 3.09. The number of hydrogen-bond acceptors (Lipinski definition) is 4. The Kier molecular flexibility index (Phi) is 3.44. The van der Waals surface area contributed by atoms with Crippen LogP contribution < -0.4 is 5.32 Å². The monoisotopic (exact) mass is 307 g/mol. The van der Waals surface area contributed by atoms with Crippen molar-refractivity contribution in [2.24, 2.45) is 7.05 Å². The van der Waals surface area contributed by atoms with Crippen LogP contribution in [0.2, 0.25) is 0 Å². The molecule has 0 aliphatic carbocycles. The zero-order chi connectivity index (χ0) is 15.7. The number of rotatable bonds is 3. The van der Waals surface area contributed by atoms with Crippen molar-refractivity contribution in [1.82, 2.24) is 19.5 Å². The van der Waals surface area contributed by atoms with Crippen LogP contribution in [0, 0.1) is 0 Å².